The first-order valence-corrected chi connectivity index (χ1v) is 6.10. The molecule has 110 valence electrons. The molecule has 1 N–H and O–H groups in total. The van der Waals surface area contributed by atoms with Crippen LogP contribution < -0.4 is 5.43 Å². The Labute approximate surface area is 119 Å². The Balaban J connectivity index is 2.30. The Bertz CT molecular complexity index is 649. The molecule has 0 saturated carbocycles. The van der Waals surface area contributed by atoms with Crippen LogP contribution in [0.3, 0.4) is 0 Å². The van der Waals surface area contributed by atoms with Crippen molar-refractivity contribution in [2.24, 2.45) is 5.10 Å². The Kier molecular flexibility index (Phi) is 4.26. The summed E-state index contributed by atoms with van der Waals surface area (Å²) in [5, 5.41) is 3.76. The second-order valence-corrected chi connectivity index (χ2v) is 4.37. The lowest BCUT2D eigenvalue weighted by Gasteiger charge is -2.13. The van der Waals surface area contributed by atoms with Crippen molar-refractivity contribution in [1.29, 1.82) is 0 Å². The molecule has 0 radical (unpaired) electrons. The topological polar surface area (TPSA) is 24.4 Å². The Hall–Kier alpha value is -2.37. The summed E-state index contributed by atoms with van der Waals surface area (Å²) in [5.41, 5.74) is 1.61. The first-order chi connectivity index (χ1) is 9.89. The van der Waals surface area contributed by atoms with E-state index in [1.165, 1.54) is 0 Å². The summed E-state index contributed by atoms with van der Waals surface area (Å²) >= 11 is 0. The van der Waals surface area contributed by atoms with Crippen molar-refractivity contribution in [2.75, 3.05) is 5.43 Å². The fourth-order valence-corrected chi connectivity index (χ4v) is 1.88. The fourth-order valence-electron chi connectivity index (χ4n) is 1.88. The first kappa shape index (κ1) is 15.0. The molecule has 0 aromatic heterocycles. The minimum atomic E-state index is -4.64. The average Bonchev–Trinajstić information content (AvgIpc) is 2.42. The van der Waals surface area contributed by atoms with E-state index in [2.05, 4.69) is 10.5 Å². The highest BCUT2D eigenvalue weighted by molar-refractivity contribution is 5.83. The van der Waals surface area contributed by atoms with E-state index in [1.807, 2.05) is 0 Å². The number of para-hydroxylation sites is 1. The van der Waals surface area contributed by atoms with Crippen molar-refractivity contribution in [2.45, 2.75) is 13.1 Å². The Morgan fingerprint density at radius 3 is 2.33 bits per heavy atom. The van der Waals surface area contributed by atoms with Gasteiger partial charge in [0, 0.05) is 5.56 Å². The number of rotatable bonds is 3. The minimum Gasteiger partial charge on any atom is -0.279 e. The number of hydrazone groups is 1. The molecule has 0 fully saturated rings. The summed E-state index contributed by atoms with van der Waals surface area (Å²) in [7, 11) is 0. The number of hydrogen-bond acceptors (Lipinski definition) is 2. The lowest BCUT2D eigenvalue weighted by Crippen LogP contribution is -2.13. The number of benzene rings is 2. The van der Waals surface area contributed by atoms with Gasteiger partial charge in [-0.25, -0.2) is 4.39 Å². The molecule has 0 aliphatic heterocycles. The average molecular weight is 296 g/mol. The molecule has 0 saturated heterocycles. The van der Waals surface area contributed by atoms with Crippen LogP contribution >= 0.6 is 0 Å². The number of nitrogens with zero attached hydrogens (tertiary/aromatic N) is 1. The van der Waals surface area contributed by atoms with E-state index in [4.69, 9.17) is 0 Å². The molecule has 0 unspecified atom stereocenters. The van der Waals surface area contributed by atoms with Gasteiger partial charge in [-0.1, -0.05) is 18.2 Å². The number of halogens is 4. The fraction of sp³-hybridized carbons (Fsp3) is 0.133. The Morgan fingerprint density at radius 1 is 1.05 bits per heavy atom. The molecule has 0 aliphatic carbocycles. The Morgan fingerprint density at radius 2 is 1.71 bits per heavy atom. The summed E-state index contributed by atoms with van der Waals surface area (Å²) in [6.45, 7) is 1.10. The summed E-state index contributed by atoms with van der Waals surface area (Å²) in [6.07, 6.45) is -3.61. The third-order valence-corrected chi connectivity index (χ3v) is 2.89. The maximum absolute atomic E-state index is 13.3. The van der Waals surface area contributed by atoms with Crippen molar-refractivity contribution in [3.05, 3.63) is 65.0 Å². The van der Waals surface area contributed by atoms with Gasteiger partial charge in [-0.05, 0) is 36.8 Å². The van der Waals surface area contributed by atoms with Gasteiger partial charge in [0.1, 0.15) is 5.82 Å². The molecule has 21 heavy (non-hydrogen) atoms. The lowest BCUT2D eigenvalue weighted by atomic mass is 10.0. The zero-order valence-electron chi connectivity index (χ0n) is 11.1. The van der Waals surface area contributed by atoms with E-state index in [0.717, 1.165) is 25.3 Å². The lowest BCUT2D eigenvalue weighted by molar-refractivity contribution is -0.138. The molecule has 6 heteroatoms. The standard InChI is InChI=1S/C15H12F4N2/c1-10-13(16)8-7-11(14(10)15(17,18)19)9-20-21-12-5-3-2-4-6-12/h2-9,21H,1H3. The van der Waals surface area contributed by atoms with Crippen LogP contribution in [-0.2, 0) is 6.18 Å². The molecule has 2 rings (SSSR count). The highest BCUT2D eigenvalue weighted by Gasteiger charge is 2.35. The summed E-state index contributed by atoms with van der Waals surface area (Å²) in [4.78, 5) is 0. The molecule has 0 heterocycles. The number of hydrogen-bond donors (Lipinski definition) is 1. The van der Waals surface area contributed by atoms with Crippen LogP contribution in [0.2, 0.25) is 0 Å². The van der Waals surface area contributed by atoms with Gasteiger partial charge < -0.3 is 0 Å². The van der Waals surface area contributed by atoms with Gasteiger partial charge in [0.2, 0.25) is 0 Å². The molecule has 0 atom stereocenters. The van der Waals surface area contributed by atoms with E-state index in [-0.39, 0.29) is 5.56 Å². The molecular weight excluding hydrogens is 284 g/mol. The molecular formula is C15H12F4N2. The maximum atomic E-state index is 13.3. The third-order valence-electron chi connectivity index (χ3n) is 2.89. The van der Waals surface area contributed by atoms with Crippen molar-refractivity contribution < 1.29 is 17.6 Å². The van der Waals surface area contributed by atoms with Crippen LogP contribution in [0.25, 0.3) is 0 Å². The van der Waals surface area contributed by atoms with Crippen LogP contribution in [0.15, 0.2) is 47.6 Å². The third kappa shape index (κ3) is 3.59. The molecule has 0 aliphatic rings. The van der Waals surface area contributed by atoms with Gasteiger partial charge in [-0.2, -0.15) is 18.3 Å². The second kappa shape index (κ2) is 5.95. The van der Waals surface area contributed by atoms with Crippen LogP contribution in [0.5, 0.6) is 0 Å². The van der Waals surface area contributed by atoms with Crippen molar-refractivity contribution in [1.82, 2.24) is 0 Å². The quantitative estimate of drug-likeness (QED) is 0.499. The van der Waals surface area contributed by atoms with E-state index in [9.17, 15) is 17.6 Å². The zero-order valence-corrected chi connectivity index (χ0v) is 11.1. The summed E-state index contributed by atoms with van der Waals surface area (Å²) in [5.74, 6) is -0.893. The minimum absolute atomic E-state index is 0.190. The molecule has 0 amide bonds. The molecule has 2 nitrogen and oxygen atoms in total. The second-order valence-electron chi connectivity index (χ2n) is 4.37. The SMILES string of the molecule is Cc1c(F)ccc(C=NNc2ccccc2)c1C(F)(F)F. The van der Waals surface area contributed by atoms with Crippen LogP contribution in [0.1, 0.15) is 16.7 Å². The largest absolute Gasteiger partial charge is 0.417 e. The van der Waals surface area contributed by atoms with Gasteiger partial charge in [0.25, 0.3) is 0 Å². The van der Waals surface area contributed by atoms with Crippen molar-refractivity contribution >= 4 is 11.9 Å². The van der Waals surface area contributed by atoms with Gasteiger partial charge in [0.05, 0.1) is 17.5 Å². The summed E-state index contributed by atoms with van der Waals surface area (Å²) in [6, 6.07) is 10.8. The molecule has 2 aromatic rings. The molecule has 2 aromatic carbocycles. The normalized spacial score (nSPS) is 11.9. The van der Waals surface area contributed by atoms with Gasteiger partial charge >= 0.3 is 6.18 Å². The van der Waals surface area contributed by atoms with E-state index >= 15 is 0 Å². The van der Waals surface area contributed by atoms with E-state index in [1.54, 1.807) is 30.3 Å². The van der Waals surface area contributed by atoms with Crippen LogP contribution in [0, 0.1) is 12.7 Å². The van der Waals surface area contributed by atoms with Gasteiger partial charge in [0.15, 0.2) is 0 Å². The van der Waals surface area contributed by atoms with Crippen molar-refractivity contribution in [3.63, 3.8) is 0 Å². The number of anilines is 1. The number of alkyl halides is 3. The first-order valence-electron chi connectivity index (χ1n) is 6.10. The van der Waals surface area contributed by atoms with Crippen LogP contribution in [-0.4, -0.2) is 6.21 Å². The van der Waals surface area contributed by atoms with Gasteiger partial charge in [-0.15, -0.1) is 0 Å². The van der Waals surface area contributed by atoms with E-state index in [0.29, 0.717) is 5.69 Å². The maximum Gasteiger partial charge on any atom is 0.417 e. The monoisotopic (exact) mass is 296 g/mol. The zero-order chi connectivity index (χ0) is 15.5. The number of nitrogens with one attached hydrogen (secondary N) is 1. The highest BCUT2D eigenvalue weighted by Crippen LogP contribution is 2.34. The predicted octanol–water partition coefficient (Wildman–Crippen LogP) is 4.60. The smallest absolute Gasteiger partial charge is 0.279 e. The molecule has 0 spiro atoms. The summed E-state index contributed by atoms with van der Waals surface area (Å²) < 4.78 is 52.3. The van der Waals surface area contributed by atoms with Crippen molar-refractivity contribution in [3.8, 4) is 0 Å². The highest BCUT2D eigenvalue weighted by atomic mass is 19.4. The molecule has 0 bridgehead atoms. The van der Waals surface area contributed by atoms with Crippen LogP contribution in [0.4, 0.5) is 23.2 Å². The van der Waals surface area contributed by atoms with Gasteiger partial charge in [-0.3, -0.25) is 5.43 Å². The van der Waals surface area contributed by atoms with E-state index < -0.39 is 23.1 Å². The predicted molar refractivity (Wildman–Crippen MR) is 73.8 cm³/mol.